The number of rotatable bonds is 5. The number of sulfonamides is 1. The molecule has 1 atom stereocenters. The molecule has 1 aromatic carbocycles. The molecule has 0 saturated heterocycles. The van der Waals surface area contributed by atoms with E-state index in [-0.39, 0.29) is 16.5 Å². The molecule has 9 heteroatoms. The lowest BCUT2D eigenvalue weighted by molar-refractivity contribution is 0.281. The van der Waals surface area contributed by atoms with Crippen LogP contribution in [0.5, 0.6) is 0 Å². The van der Waals surface area contributed by atoms with Gasteiger partial charge in [0.2, 0.25) is 10.0 Å². The molecule has 0 spiro atoms. The fourth-order valence-electron chi connectivity index (χ4n) is 1.63. The van der Waals surface area contributed by atoms with Gasteiger partial charge in [0.05, 0.1) is 17.7 Å². The van der Waals surface area contributed by atoms with E-state index in [4.69, 9.17) is 16.7 Å². The third kappa shape index (κ3) is 3.15. The molecular weight excluding hydrogens is 304 g/mol. The molecule has 2 rings (SSSR count). The molecule has 1 heterocycles. The maximum atomic E-state index is 12.3. The van der Waals surface area contributed by atoms with E-state index in [9.17, 15) is 8.42 Å². The quantitative estimate of drug-likeness (QED) is 0.762. The van der Waals surface area contributed by atoms with Crippen molar-refractivity contribution in [2.24, 2.45) is 0 Å². The van der Waals surface area contributed by atoms with Crippen LogP contribution in [0.1, 0.15) is 24.4 Å². The Morgan fingerprint density at radius 2 is 2.25 bits per heavy atom. The average Bonchev–Trinajstić information content (AvgIpc) is 2.92. The first-order chi connectivity index (χ1) is 9.44. The zero-order valence-electron chi connectivity index (χ0n) is 10.5. The zero-order chi connectivity index (χ0) is 14.8. The summed E-state index contributed by atoms with van der Waals surface area (Å²) in [5.41, 5.74) is 0.460. The van der Waals surface area contributed by atoms with E-state index in [2.05, 4.69) is 19.9 Å². The van der Waals surface area contributed by atoms with Gasteiger partial charge in [-0.2, -0.15) is 5.10 Å². The Labute approximate surface area is 121 Å². The number of halogens is 1. The Balaban J connectivity index is 2.31. The normalized spacial score (nSPS) is 13.3. The third-order valence-electron chi connectivity index (χ3n) is 2.64. The van der Waals surface area contributed by atoms with Crippen molar-refractivity contribution in [1.29, 1.82) is 0 Å². The molecule has 0 amide bonds. The number of H-pyrrole nitrogens is 1. The Morgan fingerprint density at radius 3 is 2.85 bits per heavy atom. The number of nitrogens with zero attached hydrogens (tertiary/aromatic N) is 2. The molecule has 2 aromatic rings. The smallest absolute Gasteiger partial charge is 0.242 e. The number of aliphatic hydroxyl groups is 1. The predicted molar refractivity (Wildman–Crippen MR) is 72.5 cm³/mol. The van der Waals surface area contributed by atoms with Gasteiger partial charge >= 0.3 is 0 Å². The van der Waals surface area contributed by atoms with E-state index in [1.165, 1.54) is 18.5 Å². The Hall–Kier alpha value is -1.48. The maximum Gasteiger partial charge on any atom is 0.242 e. The molecule has 20 heavy (non-hydrogen) atoms. The summed E-state index contributed by atoms with van der Waals surface area (Å²) in [5, 5.41) is 15.4. The fraction of sp³-hybridized carbons (Fsp3) is 0.273. The van der Waals surface area contributed by atoms with Gasteiger partial charge in [0.1, 0.15) is 17.0 Å². The van der Waals surface area contributed by atoms with Gasteiger partial charge in [-0.25, -0.2) is 18.1 Å². The molecule has 3 N–H and O–H groups in total. The molecule has 0 saturated carbocycles. The van der Waals surface area contributed by atoms with Gasteiger partial charge in [-0.1, -0.05) is 17.7 Å². The highest BCUT2D eigenvalue weighted by molar-refractivity contribution is 7.89. The van der Waals surface area contributed by atoms with Crippen molar-refractivity contribution in [2.45, 2.75) is 24.5 Å². The first-order valence-electron chi connectivity index (χ1n) is 5.71. The van der Waals surface area contributed by atoms with Gasteiger partial charge in [-0.3, -0.25) is 5.10 Å². The second-order valence-electron chi connectivity index (χ2n) is 4.14. The first-order valence-corrected chi connectivity index (χ1v) is 7.57. The van der Waals surface area contributed by atoms with Gasteiger partial charge in [0.15, 0.2) is 0 Å². The summed E-state index contributed by atoms with van der Waals surface area (Å²) in [6.07, 6.45) is 1.29. The number of aromatic nitrogens is 3. The van der Waals surface area contributed by atoms with Crippen LogP contribution in [-0.2, 0) is 16.6 Å². The van der Waals surface area contributed by atoms with Crippen LogP contribution in [-0.4, -0.2) is 28.7 Å². The van der Waals surface area contributed by atoms with Crippen molar-refractivity contribution in [3.63, 3.8) is 0 Å². The van der Waals surface area contributed by atoms with Crippen LogP contribution >= 0.6 is 11.6 Å². The maximum absolute atomic E-state index is 12.3. The summed E-state index contributed by atoms with van der Waals surface area (Å²) in [6, 6.07) is 3.73. The van der Waals surface area contributed by atoms with Crippen molar-refractivity contribution >= 4 is 21.6 Å². The minimum atomic E-state index is -3.83. The number of hydrogen-bond acceptors (Lipinski definition) is 5. The molecule has 0 fully saturated rings. The number of nitrogens with one attached hydrogen (secondary N) is 2. The second kappa shape index (κ2) is 5.88. The Bertz CT molecular complexity index is 688. The second-order valence-corrected chi connectivity index (χ2v) is 6.23. The fourth-order valence-corrected chi connectivity index (χ4v) is 3.39. The third-order valence-corrected chi connectivity index (χ3v) is 4.67. The highest BCUT2D eigenvalue weighted by Gasteiger charge is 2.22. The van der Waals surface area contributed by atoms with Gasteiger partial charge in [0.25, 0.3) is 0 Å². The number of aromatic amines is 1. The van der Waals surface area contributed by atoms with Crippen LogP contribution in [0.2, 0.25) is 5.02 Å². The lowest BCUT2D eigenvalue weighted by atomic mass is 10.2. The lowest BCUT2D eigenvalue weighted by Gasteiger charge is -2.13. The standard InChI is InChI=1S/C11H13ClN4O3S/c1-7(11-13-6-14-15-11)16-20(18,19)10-4-8(5-17)2-3-9(10)12/h2-4,6-7,16-17H,5H2,1H3,(H,13,14,15). The van der Waals surface area contributed by atoms with E-state index in [1.807, 2.05) is 0 Å². The SMILES string of the molecule is CC(NS(=O)(=O)c1cc(CO)ccc1Cl)c1ncn[nH]1. The topological polar surface area (TPSA) is 108 Å². The molecule has 0 aliphatic heterocycles. The lowest BCUT2D eigenvalue weighted by Crippen LogP contribution is -2.28. The van der Waals surface area contributed by atoms with Crippen LogP contribution in [0.25, 0.3) is 0 Å². The van der Waals surface area contributed by atoms with Gasteiger partial charge in [-0.05, 0) is 24.6 Å². The van der Waals surface area contributed by atoms with Crippen LogP contribution in [0, 0.1) is 0 Å². The summed E-state index contributed by atoms with van der Waals surface area (Å²) < 4.78 is 27.0. The highest BCUT2D eigenvalue weighted by Crippen LogP contribution is 2.24. The summed E-state index contributed by atoms with van der Waals surface area (Å²) in [4.78, 5) is 3.80. The molecule has 0 aliphatic rings. The van der Waals surface area contributed by atoms with E-state index >= 15 is 0 Å². The Kier molecular flexibility index (Phi) is 4.39. The van der Waals surface area contributed by atoms with Crippen molar-refractivity contribution in [3.8, 4) is 0 Å². The van der Waals surface area contributed by atoms with Crippen molar-refractivity contribution in [2.75, 3.05) is 0 Å². The minimum Gasteiger partial charge on any atom is -0.392 e. The summed E-state index contributed by atoms with van der Waals surface area (Å²) in [7, 11) is -3.83. The first kappa shape index (κ1) is 14.9. The zero-order valence-corrected chi connectivity index (χ0v) is 12.1. The average molecular weight is 317 g/mol. The van der Waals surface area contributed by atoms with Crippen LogP contribution in [0.15, 0.2) is 29.4 Å². The Morgan fingerprint density at radius 1 is 1.50 bits per heavy atom. The van der Waals surface area contributed by atoms with Gasteiger partial charge in [-0.15, -0.1) is 0 Å². The van der Waals surface area contributed by atoms with Crippen LogP contribution in [0.4, 0.5) is 0 Å². The van der Waals surface area contributed by atoms with Crippen molar-refractivity contribution in [3.05, 3.63) is 40.9 Å². The molecule has 108 valence electrons. The van der Waals surface area contributed by atoms with Gasteiger partial charge < -0.3 is 5.11 Å². The summed E-state index contributed by atoms with van der Waals surface area (Å²) in [5.74, 6) is 0.392. The number of hydrogen-bond donors (Lipinski definition) is 3. The molecule has 1 unspecified atom stereocenters. The summed E-state index contributed by atoms with van der Waals surface area (Å²) >= 11 is 5.91. The molecular formula is C11H13ClN4O3S. The van der Waals surface area contributed by atoms with Crippen LogP contribution in [0.3, 0.4) is 0 Å². The summed E-state index contributed by atoms with van der Waals surface area (Å²) in [6.45, 7) is 1.36. The van der Waals surface area contributed by atoms with Crippen molar-refractivity contribution in [1.82, 2.24) is 19.9 Å². The largest absolute Gasteiger partial charge is 0.392 e. The molecule has 0 aliphatic carbocycles. The molecule has 7 nitrogen and oxygen atoms in total. The van der Waals surface area contributed by atoms with E-state index in [0.29, 0.717) is 11.4 Å². The molecule has 1 aromatic heterocycles. The number of benzene rings is 1. The predicted octanol–water partition coefficient (Wildman–Crippen LogP) is 0.990. The number of aliphatic hydroxyl groups excluding tert-OH is 1. The highest BCUT2D eigenvalue weighted by atomic mass is 35.5. The van der Waals surface area contributed by atoms with E-state index < -0.39 is 16.1 Å². The van der Waals surface area contributed by atoms with Crippen molar-refractivity contribution < 1.29 is 13.5 Å². The van der Waals surface area contributed by atoms with Gasteiger partial charge in [0, 0.05) is 0 Å². The van der Waals surface area contributed by atoms with Crippen LogP contribution < -0.4 is 4.72 Å². The minimum absolute atomic E-state index is 0.0828. The molecule has 0 radical (unpaired) electrons. The van der Waals surface area contributed by atoms with E-state index in [0.717, 1.165) is 0 Å². The molecule has 0 bridgehead atoms. The van der Waals surface area contributed by atoms with E-state index in [1.54, 1.807) is 13.0 Å². The monoisotopic (exact) mass is 316 g/mol.